The lowest BCUT2D eigenvalue weighted by molar-refractivity contribution is -0.141. The van der Waals surface area contributed by atoms with Gasteiger partial charge in [-0.05, 0) is 25.0 Å². The summed E-state index contributed by atoms with van der Waals surface area (Å²) in [7, 11) is 1.86. The van der Waals surface area contributed by atoms with Gasteiger partial charge in [-0.25, -0.2) is 0 Å². The number of phenols is 1. The molecule has 0 amide bonds. The Balaban J connectivity index is 0.00000106. The lowest BCUT2D eigenvalue weighted by Crippen LogP contribution is -2.25. The van der Waals surface area contributed by atoms with E-state index in [1.54, 1.807) is 12.1 Å². The molecule has 0 aliphatic rings. The number of benzene rings is 1. The zero-order chi connectivity index (χ0) is 16.2. The highest BCUT2D eigenvalue weighted by molar-refractivity contribution is 5.90. The predicted octanol–water partition coefficient (Wildman–Crippen LogP) is 2.42. The number of hydrogen-bond donors (Lipinski definition) is 3. The first-order valence-corrected chi connectivity index (χ1v) is 7.16. The van der Waals surface area contributed by atoms with Crippen LogP contribution in [0.4, 0.5) is 0 Å². The largest absolute Gasteiger partial charge is 0.506 e. The predicted molar refractivity (Wildman–Crippen MR) is 84.6 cm³/mol. The van der Waals surface area contributed by atoms with Crippen LogP contribution in [0.1, 0.15) is 25.1 Å². The van der Waals surface area contributed by atoms with Gasteiger partial charge in [0.1, 0.15) is 5.75 Å². The SMILES string of the molecule is CC.Cc1c(CC(CN)C(=O)O)c2cccc(O)c2n1C. The van der Waals surface area contributed by atoms with Crippen molar-refractivity contribution in [3.8, 4) is 5.75 Å². The Morgan fingerprint density at radius 2 is 2.00 bits per heavy atom. The third-order valence-electron chi connectivity index (χ3n) is 3.70. The van der Waals surface area contributed by atoms with Crippen molar-refractivity contribution in [3.05, 3.63) is 29.5 Å². The minimum Gasteiger partial charge on any atom is -0.506 e. The maximum atomic E-state index is 11.1. The number of fused-ring (bicyclic) bond motifs is 1. The Labute approximate surface area is 125 Å². The number of rotatable bonds is 4. The molecule has 116 valence electrons. The second-order valence-electron chi connectivity index (χ2n) is 4.77. The monoisotopic (exact) mass is 292 g/mol. The zero-order valence-electron chi connectivity index (χ0n) is 13.1. The molecular weight excluding hydrogens is 268 g/mol. The molecule has 2 rings (SSSR count). The molecule has 1 unspecified atom stereocenters. The van der Waals surface area contributed by atoms with Crippen molar-refractivity contribution in [1.29, 1.82) is 0 Å². The molecule has 5 nitrogen and oxygen atoms in total. The van der Waals surface area contributed by atoms with Crippen LogP contribution in [0.3, 0.4) is 0 Å². The lowest BCUT2D eigenvalue weighted by Gasteiger charge is -2.10. The molecule has 0 aliphatic carbocycles. The van der Waals surface area contributed by atoms with Crippen LogP contribution in [0.5, 0.6) is 5.75 Å². The van der Waals surface area contributed by atoms with E-state index in [4.69, 9.17) is 10.8 Å². The Kier molecular flexibility index (Phi) is 5.79. The number of carboxylic acid groups (broad SMARTS) is 1. The highest BCUT2D eigenvalue weighted by atomic mass is 16.4. The Morgan fingerprint density at radius 1 is 1.38 bits per heavy atom. The molecule has 1 aromatic carbocycles. The summed E-state index contributed by atoms with van der Waals surface area (Å²) in [5.41, 5.74) is 8.14. The quantitative estimate of drug-likeness (QED) is 0.807. The standard InChI is InChI=1S/C14H18N2O3.C2H6/c1-8-11(6-9(7-15)14(18)19)10-4-3-5-12(17)13(10)16(8)2;1-2/h3-5,9,17H,6-7,15H2,1-2H3,(H,18,19);1-2H3. The maximum Gasteiger partial charge on any atom is 0.308 e. The molecule has 1 atom stereocenters. The van der Waals surface area contributed by atoms with Gasteiger partial charge in [-0.1, -0.05) is 26.0 Å². The van der Waals surface area contributed by atoms with Crippen molar-refractivity contribution < 1.29 is 15.0 Å². The molecule has 0 saturated heterocycles. The van der Waals surface area contributed by atoms with Crippen molar-refractivity contribution >= 4 is 16.9 Å². The Bertz CT molecular complexity index is 632. The molecule has 0 spiro atoms. The average Bonchev–Trinajstić information content (AvgIpc) is 2.72. The van der Waals surface area contributed by atoms with Crippen molar-refractivity contribution in [3.63, 3.8) is 0 Å². The van der Waals surface area contributed by atoms with Gasteiger partial charge >= 0.3 is 5.97 Å². The molecule has 4 N–H and O–H groups in total. The molecule has 0 saturated carbocycles. The van der Waals surface area contributed by atoms with E-state index in [1.165, 1.54) is 0 Å². The summed E-state index contributed by atoms with van der Waals surface area (Å²) in [5.74, 6) is -1.29. The van der Waals surface area contributed by atoms with E-state index < -0.39 is 11.9 Å². The minimum absolute atomic E-state index is 0.101. The Morgan fingerprint density at radius 3 is 2.52 bits per heavy atom. The molecule has 0 bridgehead atoms. The van der Waals surface area contributed by atoms with Gasteiger partial charge in [0.2, 0.25) is 0 Å². The first kappa shape index (κ1) is 17.0. The van der Waals surface area contributed by atoms with Crippen LogP contribution in [0.15, 0.2) is 18.2 Å². The third-order valence-corrected chi connectivity index (χ3v) is 3.70. The van der Waals surface area contributed by atoms with Crippen molar-refractivity contribution in [2.45, 2.75) is 27.2 Å². The molecule has 1 aromatic heterocycles. The summed E-state index contributed by atoms with van der Waals surface area (Å²) in [6.45, 7) is 6.02. The fourth-order valence-corrected chi connectivity index (χ4v) is 2.47. The van der Waals surface area contributed by atoms with Crippen molar-refractivity contribution in [2.75, 3.05) is 6.54 Å². The molecule has 5 heteroatoms. The number of aryl methyl sites for hydroxylation is 1. The van der Waals surface area contributed by atoms with Crippen LogP contribution in [-0.2, 0) is 18.3 Å². The van der Waals surface area contributed by atoms with E-state index >= 15 is 0 Å². The van der Waals surface area contributed by atoms with Crippen molar-refractivity contribution in [1.82, 2.24) is 4.57 Å². The van der Waals surface area contributed by atoms with E-state index in [9.17, 15) is 9.90 Å². The molecule has 0 aliphatic heterocycles. The van der Waals surface area contributed by atoms with Gasteiger partial charge in [-0.2, -0.15) is 0 Å². The summed E-state index contributed by atoms with van der Waals surface area (Å²) in [6.07, 6.45) is 0.373. The van der Waals surface area contributed by atoms with E-state index in [2.05, 4.69) is 0 Å². The fraction of sp³-hybridized carbons (Fsp3) is 0.438. The topological polar surface area (TPSA) is 88.5 Å². The van der Waals surface area contributed by atoms with E-state index in [0.717, 1.165) is 22.2 Å². The van der Waals surface area contributed by atoms with Gasteiger partial charge in [0.15, 0.2) is 0 Å². The van der Waals surface area contributed by atoms with Gasteiger partial charge in [0.05, 0.1) is 11.4 Å². The number of aromatic hydroxyl groups is 1. The van der Waals surface area contributed by atoms with Gasteiger partial charge < -0.3 is 20.5 Å². The van der Waals surface area contributed by atoms with Crippen LogP contribution in [0.25, 0.3) is 10.9 Å². The second kappa shape index (κ2) is 7.13. The van der Waals surface area contributed by atoms with Gasteiger partial charge in [-0.3, -0.25) is 4.79 Å². The van der Waals surface area contributed by atoms with Crippen LogP contribution in [-0.4, -0.2) is 27.3 Å². The number of aliphatic carboxylic acids is 1. The average molecular weight is 292 g/mol. The van der Waals surface area contributed by atoms with Gasteiger partial charge in [-0.15, -0.1) is 0 Å². The fourth-order valence-electron chi connectivity index (χ4n) is 2.47. The first-order valence-electron chi connectivity index (χ1n) is 7.16. The summed E-state index contributed by atoms with van der Waals surface area (Å²) in [6, 6.07) is 5.29. The number of aromatic nitrogens is 1. The summed E-state index contributed by atoms with van der Waals surface area (Å²) in [5, 5.41) is 19.9. The lowest BCUT2D eigenvalue weighted by atomic mass is 9.97. The Hall–Kier alpha value is -2.01. The molecule has 21 heavy (non-hydrogen) atoms. The van der Waals surface area contributed by atoms with Crippen molar-refractivity contribution in [2.24, 2.45) is 18.7 Å². The number of carbonyl (C=O) groups is 1. The zero-order valence-corrected chi connectivity index (χ0v) is 13.1. The van der Waals surface area contributed by atoms with Gasteiger partial charge in [0.25, 0.3) is 0 Å². The third kappa shape index (κ3) is 3.19. The van der Waals surface area contributed by atoms with Crippen LogP contribution in [0.2, 0.25) is 0 Å². The number of phenolic OH excluding ortho intramolecular Hbond substituents is 1. The summed E-state index contributed by atoms with van der Waals surface area (Å²) < 4.78 is 1.88. The van der Waals surface area contributed by atoms with E-state index in [1.807, 2.05) is 38.5 Å². The number of hydrogen-bond acceptors (Lipinski definition) is 3. The normalized spacial score (nSPS) is 11.9. The molecule has 0 fully saturated rings. The molecule has 1 heterocycles. The molecule has 0 radical (unpaired) electrons. The number of carboxylic acids is 1. The van der Waals surface area contributed by atoms with Crippen LogP contribution >= 0.6 is 0 Å². The van der Waals surface area contributed by atoms with Crippen LogP contribution in [0, 0.1) is 12.8 Å². The number of nitrogens with two attached hydrogens (primary N) is 1. The highest BCUT2D eigenvalue weighted by Crippen LogP contribution is 2.32. The molecule has 2 aromatic rings. The maximum absolute atomic E-state index is 11.1. The summed E-state index contributed by atoms with van der Waals surface area (Å²) in [4.78, 5) is 11.1. The molecular formula is C16H24N2O3. The number of para-hydroxylation sites is 1. The first-order chi connectivity index (χ1) is 9.97. The summed E-state index contributed by atoms with van der Waals surface area (Å²) >= 11 is 0. The number of nitrogens with zero attached hydrogens (tertiary/aromatic N) is 1. The van der Waals surface area contributed by atoms with E-state index in [-0.39, 0.29) is 12.3 Å². The minimum atomic E-state index is -0.890. The van der Waals surface area contributed by atoms with Crippen LogP contribution < -0.4 is 5.73 Å². The highest BCUT2D eigenvalue weighted by Gasteiger charge is 2.21. The van der Waals surface area contributed by atoms with Gasteiger partial charge in [0, 0.05) is 24.7 Å². The smallest absolute Gasteiger partial charge is 0.308 e. The second-order valence-corrected chi connectivity index (χ2v) is 4.77. The van der Waals surface area contributed by atoms with E-state index in [0.29, 0.717) is 6.42 Å².